The van der Waals surface area contributed by atoms with Crippen LogP contribution < -0.4 is 10.6 Å². The largest absolute Gasteiger partial charge is 0.373 e. The van der Waals surface area contributed by atoms with Crippen LogP contribution in [0.15, 0.2) is 48.2 Å². The number of nitrogens with one attached hydrogen (secondary N) is 2. The van der Waals surface area contributed by atoms with Crippen molar-refractivity contribution < 1.29 is 0 Å². The van der Waals surface area contributed by atoms with E-state index in [0.29, 0.717) is 0 Å². The summed E-state index contributed by atoms with van der Waals surface area (Å²) in [4.78, 5) is 0. The molecule has 1 aliphatic rings. The van der Waals surface area contributed by atoms with E-state index in [1.165, 1.54) is 11.3 Å². The molecule has 1 aromatic carbocycles. The second kappa shape index (κ2) is 4.63. The molecule has 0 saturated carbocycles. The second-order valence-electron chi connectivity index (χ2n) is 3.21. The normalized spacial score (nSPS) is 16.4. The van der Waals surface area contributed by atoms with Crippen molar-refractivity contribution in [3.8, 4) is 0 Å². The summed E-state index contributed by atoms with van der Waals surface area (Å²) < 4.78 is 0. The van der Waals surface area contributed by atoms with E-state index in [1.54, 1.807) is 0 Å². The molecule has 72 valence electrons. The molecule has 2 N–H and O–H groups in total. The minimum Gasteiger partial charge on any atom is -0.373 e. The van der Waals surface area contributed by atoms with Crippen molar-refractivity contribution in [2.45, 2.75) is 0 Å². The smallest absolute Gasteiger partial charge is 0.0655 e. The van der Waals surface area contributed by atoms with E-state index < -0.39 is 0 Å². The van der Waals surface area contributed by atoms with Gasteiger partial charge >= 0.3 is 0 Å². The first kappa shape index (κ1) is 9.03. The molecule has 2 nitrogen and oxygen atoms in total. The predicted molar refractivity (Wildman–Crippen MR) is 59.6 cm³/mol. The van der Waals surface area contributed by atoms with Crippen molar-refractivity contribution in [3.05, 3.63) is 53.7 Å². The zero-order chi connectivity index (χ0) is 9.64. The van der Waals surface area contributed by atoms with Gasteiger partial charge in [0.1, 0.15) is 0 Å². The van der Waals surface area contributed by atoms with E-state index in [9.17, 15) is 0 Å². The van der Waals surface area contributed by atoms with Crippen LogP contribution in [0.4, 0.5) is 0 Å². The van der Waals surface area contributed by atoms with Crippen LogP contribution in [0.25, 0.3) is 6.08 Å². The van der Waals surface area contributed by atoms with Crippen LogP contribution in [0, 0.1) is 0 Å². The fourth-order valence-electron chi connectivity index (χ4n) is 1.37. The molecular formula is C12H14N2. The topological polar surface area (TPSA) is 24.1 Å². The highest BCUT2D eigenvalue weighted by atomic mass is 15.1. The molecular weight excluding hydrogens is 172 g/mol. The van der Waals surface area contributed by atoms with Crippen LogP contribution >= 0.6 is 0 Å². The molecule has 0 saturated heterocycles. The molecule has 0 amide bonds. The lowest BCUT2D eigenvalue weighted by atomic mass is 10.2. The van der Waals surface area contributed by atoms with Gasteiger partial charge < -0.3 is 5.32 Å². The van der Waals surface area contributed by atoms with Crippen molar-refractivity contribution in [2.75, 3.05) is 13.2 Å². The fraction of sp³-hybridized carbons (Fsp3) is 0.167. The number of hydrogen-bond acceptors (Lipinski definition) is 2. The van der Waals surface area contributed by atoms with E-state index in [4.69, 9.17) is 0 Å². The van der Waals surface area contributed by atoms with E-state index in [2.05, 4.69) is 41.0 Å². The predicted octanol–water partition coefficient (Wildman–Crippen LogP) is 1.73. The third-order valence-electron chi connectivity index (χ3n) is 2.14. The van der Waals surface area contributed by atoms with E-state index in [-0.39, 0.29) is 0 Å². The Hall–Kier alpha value is -1.54. The molecule has 1 aromatic rings. The lowest BCUT2D eigenvalue weighted by Crippen LogP contribution is -2.32. The Morgan fingerprint density at radius 1 is 1.07 bits per heavy atom. The first-order valence-corrected chi connectivity index (χ1v) is 4.83. The van der Waals surface area contributed by atoms with Crippen molar-refractivity contribution in [1.82, 2.24) is 10.6 Å². The lowest BCUT2D eigenvalue weighted by Gasteiger charge is -2.13. The lowest BCUT2D eigenvalue weighted by molar-refractivity contribution is 0.650. The summed E-state index contributed by atoms with van der Waals surface area (Å²) in [6.07, 6.45) is 6.36. The Morgan fingerprint density at radius 3 is 2.64 bits per heavy atom. The highest BCUT2D eigenvalue weighted by Gasteiger charge is 1.95. The van der Waals surface area contributed by atoms with Gasteiger partial charge in [0, 0.05) is 12.2 Å². The molecule has 1 aliphatic heterocycles. The van der Waals surface area contributed by atoms with E-state index >= 15 is 0 Å². The minimum atomic E-state index is 0.852. The molecule has 0 unspecified atom stereocenters. The van der Waals surface area contributed by atoms with E-state index in [0.717, 1.165) is 13.2 Å². The molecule has 1 heterocycles. The van der Waals surface area contributed by atoms with Gasteiger partial charge in [0.05, 0.1) is 6.67 Å². The third kappa shape index (κ3) is 2.47. The molecule has 14 heavy (non-hydrogen) atoms. The van der Waals surface area contributed by atoms with Crippen LogP contribution in [-0.2, 0) is 0 Å². The first-order valence-electron chi connectivity index (χ1n) is 4.83. The summed E-state index contributed by atoms with van der Waals surface area (Å²) in [5.41, 5.74) is 2.42. The maximum Gasteiger partial charge on any atom is 0.0655 e. The maximum atomic E-state index is 3.25. The Labute approximate surface area is 84.3 Å². The first-order chi connectivity index (χ1) is 6.95. The standard InChI is InChI=1S/C12H14N2/c1-2-4-11(5-3-1)6-7-12-8-9-13-10-14-12/h1-8,13-14H,9-10H2. The van der Waals surface area contributed by atoms with Gasteiger partial charge in [0.25, 0.3) is 0 Å². The van der Waals surface area contributed by atoms with Gasteiger partial charge in [-0.3, -0.25) is 5.32 Å². The summed E-state index contributed by atoms with van der Waals surface area (Å²) in [6.45, 7) is 1.80. The average Bonchev–Trinajstić information content (AvgIpc) is 2.29. The number of benzene rings is 1. The summed E-state index contributed by atoms with van der Waals surface area (Å²) in [5.74, 6) is 0. The van der Waals surface area contributed by atoms with Crippen molar-refractivity contribution in [1.29, 1.82) is 0 Å². The second-order valence-corrected chi connectivity index (χ2v) is 3.21. The fourth-order valence-corrected chi connectivity index (χ4v) is 1.37. The van der Waals surface area contributed by atoms with Crippen LogP contribution in [0.2, 0.25) is 0 Å². The van der Waals surface area contributed by atoms with Crippen LogP contribution in [-0.4, -0.2) is 13.2 Å². The molecule has 0 spiro atoms. The molecule has 0 radical (unpaired) electrons. The number of allylic oxidation sites excluding steroid dienone is 1. The van der Waals surface area contributed by atoms with Crippen LogP contribution in [0.5, 0.6) is 0 Å². The molecule has 0 atom stereocenters. The number of hydrogen-bond donors (Lipinski definition) is 2. The van der Waals surface area contributed by atoms with Gasteiger partial charge in [-0.2, -0.15) is 0 Å². The minimum absolute atomic E-state index is 0.852. The molecule has 0 aromatic heterocycles. The van der Waals surface area contributed by atoms with Crippen molar-refractivity contribution in [2.24, 2.45) is 0 Å². The monoisotopic (exact) mass is 186 g/mol. The highest BCUT2D eigenvalue weighted by molar-refractivity contribution is 5.52. The SMILES string of the molecule is C(=Cc1ccccc1)C1=CCNCN1. The van der Waals surface area contributed by atoms with Crippen molar-refractivity contribution in [3.63, 3.8) is 0 Å². The molecule has 0 fully saturated rings. The Morgan fingerprint density at radius 2 is 1.93 bits per heavy atom. The van der Waals surface area contributed by atoms with Crippen LogP contribution in [0.1, 0.15) is 5.56 Å². The maximum absolute atomic E-state index is 3.25. The van der Waals surface area contributed by atoms with Gasteiger partial charge in [-0.05, 0) is 17.7 Å². The van der Waals surface area contributed by atoms with E-state index in [1.807, 2.05) is 18.2 Å². The average molecular weight is 186 g/mol. The number of rotatable bonds is 2. The molecule has 0 bridgehead atoms. The summed E-state index contributed by atoms with van der Waals surface area (Å²) in [5, 5.41) is 6.44. The zero-order valence-electron chi connectivity index (χ0n) is 8.03. The highest BCUT2D eigenvalue weighted by Crippen LogP contribution is 2.03. The van der Waals surface area contributed by atoms with Crippen molar-refractivity contribution >= 4 is 6.08 Å². The third-order valence-corrected chi connectivity index (χ3v) is 2.14. The zero-order valence-corrected chi connectivity index (χ0v) is 8.03. The van der Waals surface area contributed by atoms with Gasteiger partial charge in [0.15, 0.2) is 0 Å². The Balaban J connectivity index is 2.03. The molecule has 2 heteroatoms. The molecule has 2 rings (SSSR count). The Bertz CT molecular complexity index is 339. The summed E-state index contributed by atoms with van der Waals surface area (Å²) >= 11 is 0. The van der Waals surface area contributed by atoms with Gasteiger partial charge in [-0.1, -0.05) is 36.4 Å². The van der Waals surface area contributed by atoms with Gasteiger partial charge in [-0.15, -0.1) is 0 Å². The van der Waals surface area contributed by atoms with Gasteiger partial charge in [-0.25, -0.2) is 0 Å². The van der Waals surface area contributed by atoms with Gasteiger partial charge in [0.2, 0.25) is 0 Å². The quantitative estimate of drug-likeness (QED) is 0.735. The summed E-state index contributed by atoms with van der Waals surface area (Å²) in [7, 11) is 0. The Kier molecular flexibility index (Phi) is 2.99. The molecule has 0 aliphatic carbocycles. The summed E-state index contributed by atoms with van der Waals surface area (Å²) in [6, 6.07) is 10.3. The van der Waals surface area contributed by atoms with Crippen LogP contribution in [0.3, 0.4) is 0 Å².